The molecule has 1 aromatic carbocycles. The van der Waals surface area contributed by atoms with Gasteiger partial charge >= 0.3 is 0 Å². The number of anilines is 1. The fourth-order valence-electron chi connectivity index (χ4n) is 1.85. The van der Waals surface area contributed by atoms with Crippen LogP contribution in [0.5, 0.6) is 0 Å². The van der Waals surface area contributed by atoms with Crippen molar-refractivity contribution in [3.63, 3.8) is 0 Å². The number of primary amides is 1. The maximum atomic E-state index is 11.8. The van der Waals surface area contributed by atoms with Crippen molar-refractivity contribution in [1.82, 2.24) is 0 Å². The number of benzene rings is 1. The highest BCUT2D eigenvalue weighted by molar-refractivity contribution is 6.44. The van der Waals surface area contributed by atoms with Gasteiger partial charge in [0.2, 0.25) is 11.8 Å². The second-order valence-electron chi connectivity index (χ2n) is 4.03. The van der Waals surface area contributed by atoms with E-state index < -0.39 is 11.8 Å². The number of nitrogens with two attached hydrogens (primary N) is 1. The first-order chi connectivity index (χ1) is 8.40. The lowest BCUT2D eigenvalue weighted by Gasteiger charge is -2.18. The van der Waals surface area contributed by atoms with Crippen LogP contribution in [0.1, 0.15) is 6.42 Å². The minimum absolute atomic E-state index is 0.0892. The SMILES string of the molecule is NC(=O)C1CC(=O)N(c2cc(Cl)c(Cl)cc2Cl)C1. The Balaban J connectivity index is 2.35. The summed E-state index contributed by atoms with van der Waals surface area (Å²) in [5.41, 5.74) is 5.64. The Bertz CT molecular complexity index is 533. The topological polar surface area (TPSA) is 63.4 Å². The van der Waals surface area contributed by atoms with Gasteiger partial charge in [-0.15, -0.1) is 0 Å². The maximum Gasteiger partial charge on any atom is 0.227 e. The Hall–Kier alpha value is -0.970. The van der Waals surface area contributed by atoms with E-state index >= 15 is 0 Å². The predicted octanol–water partition coefficient (Wildman–Crippen LogP) is 2.49. The summed E-state index contributed by atoms with van der Waals surface area (Å²) in [6, 6.07) is 2.97. The zero-order chi connectivity index (χ0) is 13.4. The molecule has 18 heavy (non-hydrogen) atoms. The molecule has 4 nitrogen and oxygen atoms in total. The average Bonchev–Trinajstić information content (AvgIpc) is 2.66. The third-order valence-electron chi connectivity index (χ3n) is 2.81. The number of amides is 2. The third kappa shape index (κ3) is 2.41. The molecular weight excluding hydrogens is 298 g/mol. The molecule has 0 aromatic heterocycles. The second-order valence-corrected chi connectivity index (χ2v) is 5.25. The van der Waals surface area contributed by atoms with Crippen LogP contribution < -0.4 is 10.6 Å². The van der Waals surface area contributed by atoms with Crippen molar-refractivity contribution in [2.24, 2.45) is 11.7 Å². The van der Waals surface area contributed by atoms with E-state index in [-0.39, 0.29) is 18.9 Å². The van der Waals surface area contributed by atoms with E-state index in [0.29, 0.717) is 20.8 Å². The van der Waals surface area contributed by atoms with Gasteiger partial charge in [-0.05, 0) is 12.1 Å². The van der Waals surface area contributed by atoms with Gasteiger partial charge in [0.15, 0.2) is 0 Å². The lowest BCUT2D eigenvalue weighted by molar-refractivity contribution is -0.123. The first-order valence-electron chi connectivity index (χ1n) is 5.14. The minimum Gasteiger partial charge on any atom is -0.369 e. The number of halogens is 3. The van der Waals surface area contributed by atoms with Crippen LogP contribution in [-0.2, 0) is 9.59 Å². The number of hydrogen-bond acceptors (Lipinski definition) is 2. The highest BCUT2D eigenvalue weighted by Crippen LogP contribution is 2.37. The van der Waals surface area contributed by atoms with Crippen LogP contribution in [0, 0.1) is 5.92 Å². The van der Waals surface area contributed by atoms with Crippen molar-refractivity contribution in [2.45, 2.75) is 6.42 Å². The van der Waals surface area contributed by atoms with Crippen LogP contribution >= 0.6 is 34.8 Å². The Morgan fingerprint density at radius 1 is 1.22 bits per heavy atom. The van der Waals surface area contributed by atoms with Crippen LogP contribution in [0.4, 0.5) is 5.69 Å². The molecule has 2 amide bonds. The summed E-state index contributed by atoms with van der Waals surface area (Å²) >= 11 is 17.7. The van der Waals surface area contributed by atoms with E-state index in [1.54, 1.807) is 0 Å². The molecule has 0 bridgehead atoms. The van der Waals surface area contributed by atoms with Crippen LogP contribution in [0.15, 0.2) is 12.1 Å². The van der Waals surface area contributed by atoms with Crippen molar-refractivity contribution in [3.05, 3.63) is 27.2 Å². The zero-order valence-corrected chi connectivity index (χ0v) is 11.4. The van der Waals surface area contributed by atoms with Gasteiger partial charge in [0.25, 0.3) is 0 Å². The number of carbonyl (C=O) groups is 2. The quantitative estimate of drug-likeness (QED) is 0.853. The standard InChI is InChI=1S/C11H9Cl3N2O2/c12-6-2-8(14)9(3-7(6)13)16-4-5(11(15)18)1-10(16)17/h2-3,5H,1,4H2,(H2,15,18). The summed E-state index contributed by atoms with van der Waals surface area (Å²) in [5, 5.41) is 0.915. The molecule has 1 saturated heterocycles. The lowest BCUT2D eigenvalue weighted by atomic mass is 10.1. The van der Waals surface area contributed by atoms with Crippen molar-refractivity contribution in [3.8, 4) is 0 Å². The van der Waals surface area contributed by atoms with Crippen LogP contribution in [0.3, 0.4) is 0 Å². The Kier molecular flexibility index (Phi) is 3.71. The molecule has 0 saturated carbocycles. The Labute approximate surface area is 119 Å². The molecule has 1 aromatic rings. The van der Waals surface area contributed by atoms with Crippen molar-refractivity contribution in [1.29, 1.82) is 0 Å². The van der Waals surface area contributed by atoms with E-state index in [9.17, 15) is 9.59 Å². The van der Waals surface area contributed by atoms with Gasteiger partial charge in [-0.3, -0.25) is 9.59 Å². The number of hydrogen-bond donors (Lipinski definition) is 1. The van der Waals surface area contributed by atoms with E-state index in [0.717, 1.165) is 0 Å². The highest BCUT2D eigenvalue weighted by atomic mass is 35.5. The fraction of sp³-hybridized carbons (Fsp3) is 0.273. The minimum atomic E-state index is -0.498. The molecule has 1 heterocycles. The molecule has 1 unspecified atom stereocenters. The van der Waals surface area contributed by atoms with Gasteiger partial charge in [0.1, 0.15) is 0 Å². The molecule has 0 aliphatic carbocycles. The molecule has 1 fully saturated rings. The summed E-state index contributed by atoms with van der Waals surface area (Å²) in [4.78, 5) is 24.3. The Morgan fingerprint density at radius 3 is 2.39 bits per heavy atom. The van der Waals surface area contributed by atoms with E-state index in [1.165, 1.54) is 17.0 Å². The molecule has 0 spiro atoms. The normalized spacial score (nSPS) is 19.4. The summed E-state index contributed by atoms with van der Waals surface area (Å²) in [7, 11) is 0. The fourth-order valence-corrected chi connectivity index (χ4v) is 2.49. The van der Waals surface area contributed by atoms with E-state index in [2.05, 4.69) is 0 Å². The van der Waals surface area contributed by atoms with E-state index in [1.807, 2.05) is 0 Å². The summed E-state index contributed by atoms with van der Waals surface area (Å²) in [6.45, 7) is 0.214. The molecule has 2 rings (SSSR count). The molecule has 1 atom stereocenters. The largest absolute Gasteiger partial charge is 0.369 e. The summed E-state index contributed by atoms with van der Waals surface area (Å²) in [6.07, 6.45) is 0.0892. The van der Waals surface area contributed by atoms with Gasteiger partial charge in [-0.25, -0.2) is 0 Å². The number of nitrogens with zero attached hydrogens (tertiary/aromatic N) is 1. The first-order valence-corrected chi connectivity index (χ1v) is 6.27. The van der Waals surface area contributed by atoms with Crippen molar-refractivity contribution < 1.29 is 9.59 Å². The van der Waals surface area contributed by atoms with Crippen LogP contribution in [0.25, 0.3) is 0 Å². The smallest absolute Gasteiger partial charge is 0.227 e. The zero-order valence-electron chi connectivity index (χ0n) is 9.12. The molecule has 0 radical (unpaired) electrons. The molecule has 1 aliphatic rings. The summed E-state index contributed by atoms with van der Waals surface area (Å²) in [5.74, 6) is -1.20. The predicted molar refractivity (Wildman–Crippen MR) is 71.1 cm³/mol. The lowest BCUT2D eigenvalue weighted by Crippen LogP contribution is -2.28. The number of rotatable bonds is 2. The second kappa shape index (κ2) is 4.96. The third-order valence-corrected chi connectivity index (χ3v) is 3.83. The molecule has 2 N–H and O–H groups in total. The van der Waals surface area contributed by atoms with Crippen LogP contribution in [0.2, 0.25) is 15.1 Å². The maximum absolute atomic E-state index is 11.8. The van der Waals surface area contributed by atoms with Crippen LogP contribution in [-0.4, -0.2) is 18.4 Å². The molecule has 1 aliphatic heterocycles. The monoisotopic (exact) mass is 306 g/mol. The van der Waals surface area contributed by atoms with Gasteiger partial charge < -0.3 is 10.6 Å². The number of carbonyl (C=O) groups excluding carboxylic acids is 2. The van der Waals surface area contributed by atoms with Gasteiger partial charge in [-0.2, -0.15) is 0 Å². The summed E-state index contributed by atoms with van der Waals surface area (Å²) < 4.78 is 0. The van der Waals surface area contributed by atoms with Crippen molar-refractivity contribution in [2.75, 3.05) is 11.4 Å². The average molecular weight is 308 g/mol. The van der Waals surface area contributed by atoms with Gasteiger partial charge in [0.05, 0.1) is 26.7 Å². The van der Waals surface area contributed by atoms with Crippen molar-refractivity contribution >= 4 is 52.3 Å². The van der Waals surface area contributed by atoms with Gasteiger partial charge in [0, 0.05) is 13.0 Å². The first kappa shape index (κ1) is 13.5. The molecule has 96 valence electrons. The van der Waals surface area contributed by atoms with E-state index in [4.69, 9.17) is 40.5 Å². The van der Waals surface area contributed by atoms with Gasteiger partial charge in [-0.1, -0.05) is 34.8 Å². The molecular formula is C11H9Cl3N2O2. The highest BCUT2D eigenvalue weighted by Gasteiger charge is 2.35. The molecule has 7 heteroatoms. The Morgan fingerprint density at radius 2 is 1.83 bits per heavy atom.